The molecule has 3 aromatic rings. The zero-order valence-electron chi connectivity index (χ0n) is 20.6. The van der Waals surface area contributed by atoms with Gasteiger partial charge in [-0.15, -0.1) is 0 Å². The molecule has 36 heavy (non-hydrogen) atoms. The lowest BCUT2D eigenvalue weighted by Crippen LogP contribution is -2.49. The minimum atomic E-state index is 0.131. The Morgan fingerprint density at radius 3 is 2.47 bits per heavy atom. The summed E-state index contributed by atoms with van der Waals surface area (Å²) in [5, 5.41) is 4.34. The first kappa shape index (κ1) is 24.5. The fraction of sp³-hybridized carbons (Fsp3) is 0.393. The van der Waals surface area contributed by atoms with Crippen LogP contribution in [0.1, 0.15) is 36.9 Å². The second kappa shape index (κ2) is 11.2. The molecule has 0 unspecified atom stereocenters. The fourth-order valence-corrected chi connectivity index (χ4v) is 6.03. The van der Waals surface area contributed by atoms with Gasteiger partial charge in [-0.1, -0.05) is 12.6 Å². The molecule has 1 amide bonds. The number of amides is 1. The summed E-state index contributed by atoms with van der Waals surface area (Å²) in [6.45, 7) is 8.79. The molecule has 0 radical (unpaired) electrons. The Morgan fingerprint density at radius 1 is 1.03 bits per heavy atom. The van der Waals surface area contributed by atoms with Crippen LogP contribution in [0.2, 0.25) is 0 Å². The van der Waals surface area contributed by atoms with E-state index in [0.29, 0.717) is 17.4 Å². The molecule has 3 aromatic heterocycles. The van der Waals surface area contributed by atoms with Crippen molar-refractivity contribution in [1.82, 2.24) is 19.8 Å². The van der Waals surface area contributed by atoms with E-state index in [1.165, 1.54) is 5.56 Å². The molecule has 2 N–H and O–H groups in total. The number of rotatable bonds is 7. The van der Waals surface area contributed by atoms with Crippen molar-refractivity contribution in [3.63, 3.8) is 0 Å². The average Bonchev–Trinajstić information content (AvgIpc) is 3.44. The molecule has 0 bridgehead atoms. The SMILES string of the molecule is C=C(c1ccccn1)N(c1ncccc1N)C1CCN(C(=O)C2CCN(Cc3ccsc3)CC2)CC1. The van der Waals surface area contributed by atoms with Crippen LogP contribution in [0, 0.1) is 5.92 Å². The van der Waals surface area contributed by atoms with E-state index in [-0.39, 0.29) is 12.0 Å². The van der Waals surface area contributed by atoms with Crippen LogP contribution < -0.4 is 10.6 Å². The second-order valence-electron chi connectivity index (χ2n) is 9.69. The molecule has 7 nitrogen and oxygen atoms in total. The summed E-state index contributed by atoms with van der Waals surface area (Å²) in [6, 6.07) is 11.9. The molecule has 5 rings (SSSR count). The summed E-state index contributed by atoms with van der Waals surface area (Å²) < 4.78 is 0. The van der Waals surface area contributed by atoms with Crippen LogP contribution in [-0.4, -0.2) is 57.9 Å². The maximum absolute atomic E-state index is 13.4. The molecule has 8 heteroatoms. The third kappa shape index (κ3) is 5.44. The summed E-state index contributed by atoms with van der Waals surface area (Å²) in [7, 11) is 0. The highest BCUT2D eigenvalue weighted by Gasteiger charge is 2.34. The summed E-state index contributed by atoms with van der Waals surface area (Å²) in [6.07, 6.45) is 7.09. The summed E-state index contributed by atoms with van der Waals surface area (Å²) >= 11 is 1.74. The lowest BCUT2D eigenvalue weighted by molar-refractivity contribution is -0.138. The molecule has 2 fully saturated rings. The molecule has 0 atom stereocenters. The number of piperidine rings is 2. The van der Waals surface area contributed by atoms with Gasteiger partial charge in [-0.3, -0.25) is 14.7 Å². The van der Waals surface area contributed by atoms with Crippen molar-refractivity contribution in [2.24, 2.45) is 5.92 Å². The van der Waals surface area contributed by atoms with E-state index < -0.39 is 0 Å². The number of likely N-dealkylation sites (tertiary alicyclic amines) is 2. The highest BCUT2D eigenvalue weighted by molar-refractivity contribution is 7.07. The first-order valence-electron chi connectivity index (χ1n) is 12.7. The molecule has 2 saturated heterocycles. The maximum atomic E-state index is 13.4. The third-order valence-electron chi connectivity index (χ3n) is 7.36. The number of hydrogen-bond acceptors (Lipinski definition) is 7. The lowest BCUT2D eigenvalue weighted by atomic mass is 9.93. The maximum Gasteiger partial charge on any atom is 0.225 e. The van der Waals surface area contributed by atoms with E-state index in [9.17, 15) is 4.79 Å². The van der Waals surface area contributed by atoms with Crippen molar-refractivity contribution in [3.05, 3.63) is 77.4 Å². The van der Waals surface area contributed by atoms with E-state index in [4.69, 9.17) is 5.73 Å². The van der Waals surface area contributed by atoms with E-state index in [2.05, 4.69) is 48.1 Å². The molecule has 2 aliphatic rings. The van der Waals surface area contributed by atoms with Gasteiger partial charge in [-0.05, 0) is 85.4 Å². The Morgan fingerprint density at radius 2 is 1.81 bits per heavy atom. The predicted octanol–water partition coefficient (Wildman–Crippen LogP) is 4.50. The van der Waals surface area contributed by atoms with Gasteiger partial charge in [-0.2, -0.15) is 11.3 Å². The molecule has 5 heterocycles. The molecular formula is C28H34N6OS. The Hall–Kier alpha value is -3.23. The van der Waals surface area contributed by atoms with E-state index in [1.807, 2.05) is 30.3 Å². The van der Waals surface area contributed by atoms with Gasteiger partial charge in [0.15, 0.2) is 5.82 Å². The van der Waals surface area contributed by atoms with Crippen LogP contribution in [0.3, 0.4) is 0 Å². The quantitative estimate of drug-likeness (QED) is 0.513. The Kier molecular flexibility index (Phi) is 7.63. The number of thiophene rings is 1. The highest BCUT2D eigenvalue weighted by atomic mass is 32.1. The van der Waals surface area contributed by atoms with Gasteiger partial charge >= 0.3 is 0 Å². The number of carbonyl (C=O) groups excluding carboxylic acids is 1. The Bertz CT molecular complexity index is 1150. The van der Waals surface area contributed by atoms with Gasteiger partial charge in [0, 0.05) is 44.0 Å². The van der Waals surface area contributed by atoms with Crippen molar-refractivity contribution in [3.8, 4) is 0 Å². The zero-order chi connectivity index (χ0) is 24.9. The first-order valence-corrected chi connectivity index (χ1v) is 13.7. The number of aromatic nitrogens is 2. The predicted molar refractivity (Wildman–Crippen MR) is 146 cm³/mol. The van der Waals surface area contributed by atoms with Crippen molar-refractivity contribution < 1.29 is 4.79 Å². The van der Waals surface area contributed by atoms with Gasteiger partial charge in [0.25, 0.3) is 0 Å². The highest BCUT2D eigenvalue weighted by Crippen LogP contribution is 2.33. The molecule has 0 aliphatic carbocycles. The number of carbonyl (C=O) groups is 1. The normalized spacial score (nSPS) is 17.7. The van der Waals surface area contributed by atoms with Crippen LogP contribution in [0.25, 0.3) is 5.70 Å². The van der Waals surface area contributed by atoms with Gasteiger partial charge in [0.05, 0.1) is 17.1 Å². The van der Waals surface area contributed by atoms with E-state index in [1.54, 1.807) is 23.7 Å². The van der Waals surface area contributed by atoms with E-state index in [0.717, 1.165) is 69.8 Å². The number of anilines is 2. The largest absolute Gasteiger partial charge is 0.396 e. The second-order valence-corrected chi connectivity index (χ2v) is 10.5. The minimum Gasteiger partial charge on any atom is -0.396 e. The van der Waals surface area contributed by atoms with Gasteiger partial charge in [0.2, 0.25) is 5.91 Å². The summed E-state index contributed by atoms with van der Waals surface area (Å²) in [5.74, 6) is 1.15. The molecular weight excluding hydrogens is 468 g/mol. The zero-order valence-corrected chi connectivity index (χ0v) is 21.4. The molecule has 0 aromatic carbocycles. The minimum absolute atomic E-state index is 0.131. The monoisotopic (exact) mass is 502 g/mol. The van der Waals surface area contributed by atoms with Crippen LogP contribution >= 0.6 is 11.3 Å². The number of pyridine rings is 2. The molecule has 2 aliphatic heterocycles. The fourth-order valence-electron chi connectivity index (χ4n) is 5.37. The Balaban J connectivity index is 1.21. The van der Waals surface area contributed by atoms with Crippen molar-refractivity contribution in [2.45, 2.75) is 38.3 Å². The average molecular weight is 503 g/mol. The van der Waals surface area contributed by atoms with Crippen LogP contribution in [-0.2, 0) is 11.3 Å². The molecule has 0 saturated carbocycles. The van der Waals surface area contributed by atoms with Crippen LogP contribution in [0.15, 0.2) is 66.1 Å². The summed E-state index contributed by atoms with van der Waals surface area (Å²) in [4.78, 5) is 29.1. The van der Waals surface area contributed by atoms with Crippen molar-refractivity contribution >= 4 is 34.4 Å². The number of nitrogens with zero attached hydrogens (tertiary/aromatic N) is 5. The van der Waals surface area contributed by atoms with Crippen molar-refractivity contribution in [1.29, 1.82) is 0 Å². The summed E-state index contributed by atoms with van der Waals surface area (Å²) in [5.41, 5.74) is 9.91. The van der Waals surface area contributed by atoms with Gasteiger partial charge in [-0.25, -0.2) is 4.98 Å². The van der Waals surface area contributed by atoms with Gasteiger partial charge < -0.3 is 15.5 Å². The van der Waals surface area contributed by atoms with Gasteiger partial charge in [0.1, 0.15) is 0 Å². The van der Waals surface area contributed by atoms with Crippen molar-refractivity contribution in [2.75, 3.05) is 36.8 Å². The Labute approximate surface area is 217 Å². The standard InChI is InChI=1S/C28H34N6OS/c1-21(26-6-2-3-12-30-26)34(27-25(29)5-4-13-31-27)24-9-16-33(17-10-24)28(35)23-7-14-32(15-8-23)19-22-11-18-36-20-22/h2-6,11-13,18,20,23-24H,1,7-10,14-17,19,29H2. The lowest BCUT2D eigenvalue weighted by Gasteiger charge is -2.41. The molecule has 0 spiro atoms. The van der Waals surface area contributed by atoms with Crippen LogP contribution in [0.5, 0.6) is 0 Å². The topological polar surface area (TPSA) is 78.6 Å². The number of hydrogen-bond donors (Lipinski definition) is 1. The third-order valence-corrected chi connectivity index (χ3v) is 8.09. The van der Waals surface area contributed by atoms with E-state index >= 15 is 0 Å². The smallest absolute Gasteiger partial charge is 0.225 e. The molecule has 188 valence electrons. The van der Waals surface area contributed by atoms with Crippen LogP contribution in [0.4, 0.5) is 11.5 Å². The number of nitrogen functional groups attached to an aromatic ring is 1. The first-order chi connectivity index (χ1) is 17.6. The number of nitrogens with two attached hydrogens (primary N) is 1.